The lowest BCUT2D eigenvalue weighted by molar-refractivity contribution is 0.982. The van der Waals surface area contributed by atoms with Crippen molar-refractivity contribution in [3.8, 4) is 10.7 Å². The molecule has 4 nitrogen and oxygen atoms in total. The minimum Gasteiger partial charge on any atom is -0.143 e. The smallest absolute Gasteiger partial charge is 0.143 e. The van der Waals surface area contributed by atoms with Gasteiger partial charge in [0.1, 0.15) is 10.7 Å². The maximum Gasteiger partial charge on any atom is 0.169 e. The maximum atomic E-state index is 4.00. The zero-order chi connectivity index (χ0) is 8.39. The predicted molar refractivity (Wildman–Crippen MR) is 48.2 cm³/mol. The molecule has 0 fully saturated rings. The molecule has 0 amide bonds. The summed E-state index contributed by atoms with van der Waals surface area (Å²) in [7, 11) is 0. The molecule has 0 unspecified atom stereocenters. The quantitative estimate of drug-likeness (QED) is 0.735. The first-order valence-corrected chi connectivity index (χ1v) is 5.15. The van der Waals surface area contributed by atoms with Gasteiger partial charge in [-0.3, -0.25) is 0 Å². The Morgan fingerprint density at radius 2 is 2.25 bits per heavy atom. The van der Waals surface area contributed by atoms with E-state index in [4.69, 9.17) is 0 Å². The Morgan fingerprint density at radius 3 is 2.83 bits per heavy atom. The van der Waals surface area contributed by atoms with Gasteiger partial charge in [-0.2, -0.15) is 0 Å². The zero-order valence-corrected chi connectivity index (χ0v) is 8.02. The second-order valence-electron chi connectivity index (χ2n) is 2.14. The fourth-order valence-corrected chi connectivity index (χ4v) is 2.01. The Bertz CT molecular complexity index is 353. The van der Waals surface area contributed by atoms with Crippen molar-refractivity contribution in [3.05, 3.63) is 10.4 Å². The van der Waals surface area contributed by atoms with Gasteiger partial charge in [0.15, 0.2) is 5.01 Å². The first-order valence-electron chi connectivity index (χ1n) is 3.50. The van der Waals surface area contributed by atoms with Crippen LogP contribution in [0.5, 0.6) is 0 Å². The highest BCUT2D eigenvalue weighted by Crippen LogP contribution is 2.21. The summed E-state index contributed by atoms with van der Waals surface area (Å²) >= 11 is 2.90. The largest absolute Gasteiger partial charge is 0.169 e. The molecular weight excluding hydrogens is 192 g/mol. The van der Waals surface area contributed by atoms with E-state index in [0.717, 1.165) is 22.1 Å². The topological polar surface area (TPSA) is 51.6 Å². The van der Waals surface area contributed by atoms with Gasteiger partial charge in [0, 0.05) is 5.38 Å². The summed E-state index contributed by atoms with van der Waals surface area (Å²) in [5.41, 5.74) is 0.831. The van der Waals surface area contributed by atoms with Gasteiger partial charge in [0.2, 0.25) is 0 Å². The third-order valence-electron chi connectivity index (χ3n) is 1.35. The molecule has 6 heteroatoms. The van der Waals surface area contributed by atoms with Crippen molar-refractivity contribution >= 4 is 22.9 Å². The van der Waals surface area contributed by atoms with Crippen LogP contribution in [0.25, 0.3) is 10.7 Å². The van der Waals surface area contributed by atoms with Crippen molar-refractivity contribution in [2.45, 2.75) is 13.3 Å². The molecule has 0 aliphatic carbocycles. The summed E-state index contributed by atoms with van der Waals surface area (Å²) in [4.78, 5) is 0. The monoisotopic (exact) mass is 198 g/mol. The van der Waals surface area contributed by atoms with E-state index < -0.39 is 0 Å². The van der Waals surface area contributed by atoms with Crippen molar-refractivity contribution in [2.75, 3.05) is 0 Å². The van der Waals surface area contributed by atoms with Gasteiger partial charge in [0.05, 0.1) is 0 Å². The number of aryl methyl sites for hydroxylation is 1. The van der Waals surface area contributed by atoms with E-state index in [1.54, 1.807) is 11.3 Å². The van der Waals surface area contributed by atoms with Gasteiger partial charge < -0.3 is 0 Å². The zero-order valence-electron chi connectivity index (χ0n) is 6.39. The minimum absolute atomic E-state index is 0.831. The number of nitrogens with zero attached hydrogens (tertiary/aromatic N) is 4. The first kappa shape index (κ1) is 7.75. The predicted octanol–water partition coefficient (Wildman–Crippen LogP) is 1.62. The molecule has 0 atom stereocenters. The van der Waals surface area contributed by atoms with Crippen LogP contribution in [0.2, 0.25) is 0 Å². The molecular formula is C6H6N4S2. The van der Waals surface area contributed by atoms with Crippen molar-refractivity contribution in [3.63, 3.8) is 0 Å². The lowest BCUT2D eigenvalue weighted by Gasteiger charge is -1.80. The highest BCUT2D eigenvalue weighted by atomic mass is 32.1. The molecule has 0 N–H and O–H groups in total. The van der Waals surface area contributed by atoms with Gasteiger partial charge in [-0.15, -0.1) is 15.3 Å². The highest BCUT2D eigenvalue weighted by molar-refractivity contribution is 7.14. The Balaban J connectivity index is 2.35. The van der Waals surface area contributed by atoms with Gasteiger partial charge in [0.25, 0.3) is 0 Å². The third-order valence-corrected chi connectivity index (χ3v) is 2.94. The van der Waals surface area contributed by atoms with Gasteiger partial charge >= 0.3 is 0 Å². The van der Waals surface area contributed by atoms with Crippen LogP contribution in [0.15, 0.2) is 5.38 Å². The molecule has 0 spiro atoms. The van der Waals surface area contributed by atoms with Crippen molar-refractivity contribution < 1.29 is 0 Å². The van der Waals surface area contributed by atoms with Gasteiger partial charge in [-0.05, 0) is 18.0 Å². The number of hydrogen-bond acceptors (Lipinski definition) is 6. The average Bonchev–Trinajstić information content (AvgIpc) is 2.75. The van der Waals surface area contributed by atoms with Crippen LogP contribution in [0.1, 0.15) is 11.9 Å². The Kier molecular flexibility index (Phi) is 2.09. The summed E-state index contributed by atoms with van der Waals surface area (Å²) in [5.74, 6) is 0. The van der Waals surface area contributed by atoms with E-state index >= 15 is 0 Å². The molecule has 62 valence electrons. The molecule has 0 saturated heterocycles. The molecule has 2 rings (SSSR count). The first-order chi connectivity index (χ1) is 5.90. The third kappa shape index (κ3) is 1.35. The van der Waals surface area contributed by atoms with Crippen molar-refractivity contribution in [1.29, 1.82) is 0 Å². The maximum absolute atomic E-state index is 4.00. The van der Waals surface area contributed by atoms with E-state index in [1.807, 2.05) is 5.38 Å². The number of rotatable bonds is 2. The van der Waals surface area contributed by atoms with E-state index in [2.05, 4.69) is 26.7 Å². The second kappa shape index (κ2) is 3.24. The van der Waals surface area contributed by atoms with Crippen LogP contribution in [-0.2, 0) is 6.42 Å². The highest BCUT2D eigenvalue weighted by Gasteiger charge is 2.06. The lowest BCUT2D eigenvalue weighted by Crippen LogP contribution is -1.77. The second-order valence-corrected chi connectivity index (χ2v) is 3.82. The molecule has 0 saturated carbocycles. The van der Waals surface area contributed by atoms with Crippen molar-refractivity contribution in [1.82, 2.24) is 19.8 Å². The number of hydrogen-bond donors (Lipinski definition) is 0. The van der Waals surface area contributed by atoms with Crippen LogP contribution in [0.3, 0.4) is 0 Å². The fraction of sp³-hybridized carbons (Fsp3) is 0.333. The van der Waals surface area contributed by atoms with E-state index in [1.165, 1.54) is 11.5 Å². The molecule has 0 radical (unpaired) electrons. The Morgan fingerprint density at radius 1 is 1.33 bits per heavy atom. The van der Waals surface area contributed by atoms with E-state index in [0.29, 0.717) is 0 Å². The molecule has 2 aromatic heterocycles. The molecule has 0 aliphatic rings. The standard InChI is InChI=1S/C6H6N4S2/c1-2-5-8-9-6(12-5)4-3-11-10-7-4/h3H,2H2,1H3. The summed E-state index contributed by atoms with van der Waals surface area (Å²) in [6, 6.07) is 0. The fourth-order valence-electron chi connectivity index (χ4n) is 0.758. The van der Waals surface area contributed by atoms with E-state index in [-0.39, 0.29) is 0 Å². The molecule has 0 aromatic carbocycles. The van der Waals surface area contributed by atoms with Gasteiger partial charge in [-0.25, -0.2) is 0 Å². The van der Waals surface area contributed by atoms with Crippen LogP contribution in [0.4, 0.5) is 0 Å². The summed E-state index contributed by atoms with van der Waals surface area (Å²) in [6.45, 7) is 2.06. The molecule has 2 aromatic rings. The minimum atomic E-state index is 0.831. The Hall–Kier alpha value is -0.880. The lowest BCUT2D eigenvalue weighted by atomic mass is 10.5. The van der Waals surface area contributed by atoms with Crippen molar-refractivity contribution in [2.24, 2.45) is 0 Å². The molecule has 2 heterocycles. The average molecular weight is 198 g/mol. The normalized spacial score (nSPS) is 10.4. The van der Waals surface area contributed by atoms with Gasteiger partial charge in [-0.1, -0.05) is 22.7 Å². The summed E-state index contributed by atoms with van der Waals surface area (Å²) in [5, 5.41) is 15.7. The summed E-state index contributed by atoms with van der Waals surface area (Å²) < 4.78 is 3.76. The van der Waals surface area contributed by atoms with Crippen LogP contribution < -0.4 is 0 Å². The van der Waals surface area contributed by atoms with Crippen LogP contribution >= 0.6 is 22.9 Å². The SMILES string of the molecule is CCc1nnc(-c2csnn2)s1. The molecule has 0 aliphatic heterocycles. The summed E-state index contributed by atoms with van der Waals surface area (Å²) in [6.07, 6.45) is 0.926. The molecule has 12 heavy (non-hydrogen) atoms. The molecule has 0 bridgehead atoms. The Labute approximate surface area is 77.5 Å². The van der Waals surface area contributed by atoms with Crippen LogP contribution in [0, 0.1) is 0 Å². The number of aromatic nitrogens is 4. The van der Waals surface area contributed by atoms with Crippen LogP contribution in [-0.4, -0.2) is 19.8 Å². The van der Waals surface area contributed by atoms with E-state index in [9.17, 15) is 0 Å².